The lowest BCUT2D eigenvalue weighted by Crippen LogP contribution is -2.30. The van der Waals surface area contributed by atoms with Gasteiger partial charge in [-0.2, -0.15) is 0 Å². The van der Waals surface area contributed by atoms with E-state index in [9.17, 15) is 18.0 Å². The van der Waals surface area contributed by atoms with Crippen LogP contribution in [0, 0.1) is 0 Å². The van der Waals surface area contributed by atoms with E-state index in [4.69, 9.17) is 9.47 Å². The summed E-state index contributed by atoms with van der Waals surface area (Å²) in [6.45, 7) is 3.45. The number of methoxy groups -OCH3 is 1. The highest BCUT2D eigenvalue weighted by Crippen LogP contribution is 2.38. The van der Waals surface area contributed by atoms with E-state index in [1.165, 1.54) is 23.8 Å². The Bertz CT molecular complexity index is 1040. The third kappa shape index (κ3) is 3.52. The van der Waals surface area contributed by atoms with Crippen molar-refractivity contribution >= 4 is 15.8 Å². The molecule has 0 N–H and O–H groups in total. The molecule has 0 aliphatic carbocycles. The lowest BCUT2D eigenvalue weighted by atomic mass is 10.1. The summed E-state index contributed by atoms with van der Waals surface area (Å²) in [7, 11) is -2.51. The maximum Gasteiger partial charge on any atom is 0.330 e. The van der Waals surface area contributed by atoms with Crippen LogP contribution in [0.4, 0.5) is 0 Å². The van der Waals surface area contributed by atoms with Crippen molar-refractivity contribution < 1.29 is 22.7 Å². The number of nitrogens with zero attached hydrogens (tertiary/aromatic N) is 1. The van der Waals surface area contributed by atoms with Crippen LogP contribution in [0.15, 0.2) is 53.8 Å². The largest absolute Gasteiger partial charge is 0.491 e. The van der Waals surface area contributed by atoms with E-state index in [0.29, 0.717) is 5.56 Å². The number of fused-ring (bicyclic) bond motifs is 1. The van der Waals surface area contributed by atoms with E-state index in [-0.39, 0.29) is 30.3 Å². The second-order valence-electron chi connectivity index (χ2n) is 6.11. The van der Waals surface area contributed by atoms with E-state index in [1.807, 2.05) is 30.3 Å². The number of benzene rings is 1. The van der Waals surface area contributed by atoms with Crippen LogP contribution in [-0.4, -0.2) is 32.7 Å². The Balaban J connectivity index is 2.19. The summed E-state index contributed by atoms with van der Waals surface area (Å²) in [6, 6.07) is 10.5. The summed E-state index contributed by atoms with van der Waals surface area (Å²) in [4.78, 5) is 25.3. The standard InChI is InChI=1S/C19H19NO6S/c1-3-9-26-19(22)17-16-14(12-27(17,23)24)10-15(25-2)18(21)20(16)11-13-7-5-4-6-8-13/h3-8,10,17H,1,9,11-12H2,2H3. The predicted molar refractivity (Wildman–Crippen MR) is 99.3 cm³/mol. The van der Waals surface area contributed by atoms with Crippen molar-refractivity contribution in [3.63, 3.8) is 0 Å². The van der Waals surface area contributed by atoms with Gasteiger partial charge in [0.1, 0.15) is 6.61 Å². The molecule has 3 rings (SSSR count). The van der Waals surface area contributed by atoms with Gasteiger partial charge in [0, 0.05) is 0 Å². The highest BCUT2D eigenvalue weighted by atomic mass is 32.2. The Morgan fingerprint density at radius 1 is 1.33 bits per heavy atom. The van der Waals surface area contributed by atoms with Gasteiger partial charge in [0.2, 0.25) is 0 Å². The van der Waals surface area contributed by atoms with Gasteiger partial charge >= 0.3 is 5.97 Å². The minimum atomic E-state index is -3.86. The van der Waals surface area contributed by atoms with E-state index in [1.54, 1.807) is 0 Å². The van der Waals surface area contributed by atoms with Gasteiger partial charge in [0.05, 0.1) is 25.1 Å². The first-order valence-electron chi connectivity index (χ1n) is 8.22. The van der Waals surface area contributed by atoms with E-state index in [0.717, 1.165) is 5.56 Å². The van der Waals surface area contributed by atoms with Crippen LogP contribution in [-0.2, 0) is 31.7 Å². The van der Waals surface area contributed by atoms with Gasteiger partial charge in [0.25, 0.3) is 5.56 Å². The van der Waals surface area contributed by atoms with Gasteiger partial charge in [-0.3, -0.25) is 9.59 Å². The van der Waals surface area contributed by atoms with Gasteiger partial charge in [-0.15, -0.1) is 0 Å². The SMILES string of the molecule is C=CCOC(=O)C1c2c(cc(OC)c(=O)n2Cc2ccccc2)CS1(=O)=O. The monoisotopic (exact) mass is 389 g/mol. The number of hydrogen-bond acceptors (Lipinski definition) is 6. The van der Waals surface area contributed by atoms with Crippen LogP contribution in [0.2, 0.25) is 0 Å². The van der Waals surface area contributed by atoms with E-state index < -0.39 is 26.6 Å². The van der Waals surface area contributed by atoms with Crippen molar-refractivity contribution in [3.8, 4) is 5.75 Å². The van der Waals surface area contributed by atoms with Crippen molar-refractivity contribution in [2.24, 2.45) is 0 Å². The average Bonchev–Trinajstić information content (AvgIpc) is 2.92. The highest BCUT2D eigenvalue weighted by Gasteiger charge is 2.46. The van der Waals surface area contributed by atoms with Crippen LogP contribution < -0.4 is 10.3 Å². The molecular formula is C19H19NO6S. The summed E-state index contributed by atoms with van der Waals surface area (Å²) in [5, 5.41) is -1.55. The molecular weight excluding hydrogens is 370 g/mol. The molecule has 1 unspecified atom stereocenters. The molecule has 1 aromatic carbocycles. The third-order valence-corrected chi connectivity index (χ3v) is 6.15. The van der Waals surface area contributed by atoms with Crippen molar-refractivity contribution in [3.05, 3.63) is 76.2 Å². The molecule has 1 atom stereocenters. The Morgan fingerprint density at radius 3 is 2.67 bits per heavy atom. The number of carbonyl (C=O) groups is 1. The predicted octanol–water partition coefficient (Wildman–Crippen LogP) is 1.60. The number of rotatable bonds is 6. The summed E-state index contributed by atoms with van der Waals surface area (Å²) < 4.78 is 36.7. The molecule has 1 aliphatic rings. The van der Waals surface area contributed by atoms with Crippen molar-refractivity contribution in [1.82, 2.24) is 4.57 Å². The lowest BCUT2D eigenvalue weighted by Gasteiger charge is -2.17. The normalized spacial score (nSPS) is 17.1. The van der Waals surface area contributed by atoms with Crippen LogP contribution in [0.25, 0.3) is 0 Å². The average molecular weight is 389 g/mol. The highest BCUT2D eigenvalue weighted by molar-refractivity contribution is 7.91. The first-order valence-corrected chi connectivity index (χ1v) is 9.94. The molecule has 7 nitrogen and oxygen atoms in total. The van der Waals surface area contributed by atoms with Crippen LogP contribution in [0.5, 0.6) is 5.75 Å². The Hall–Kier alpha value is -2.87. The maximum absolute atomic E-state index is 12.8. The molecule has 0 saturated heterocycles. The van der Waals surface area contributed by atoms with Gasteiger partial charge in [-0.05, 0) is 17.2 Å². The first kappa shape index (κ1) is 18.9. The molecule has 0 bridgehead atoms. The minimum Gasteiger partial charge on any atom is -0.491 e. The Morgan fingerprint density at radius 2 is 2.04 bits per heavy atom. The smallest absolute Gasteiger partial charge is 0.330 e. The Labute approximate surface area is 156 Å². The fourth-order valence-electron chi connectivity index (χ4n) is 3.15. The van der Waals surface area contributed by atoms with Gasteiger partial charge in [-0.1, -0.05) is 43.0 Å². The Kier molecular flexibility index (Phi) is 5.18. The number of esters is 1. The second-order valence-corrected chi connectivity index (χ2v) is 8.19. The molecule has 0 fully saturated rings. The fraction of sp³-hybridized carbons (Fsp3) is 0.263. The molecule has 0 radical (unpaired) electrons. The zero-order valence-corrected chi connectivity index (χ0v) is 15.6. The molecule has 1 aromatic heterocycles. The molecule has 2 aromatic rings. The topological polar surface area (TPSA) is 91.7 Å². The van der Waals surface area contributed by atoms with Gasteiger partial charge in [-0.25, -0.2) is 8.42 Å². The molecule has 0 amide bonds. The minimum absolute atomic E-state index is 0.0278. The number of sulfone groups is 1. The number of pyridine rings is 1. The summed E-state index contributed by atoms with van der Waals surface area (Å²) in [6.07, 6.45) is 1.35. The van der Waals surface area contributed by atoms with Crippen LogP contribution in [0.3, 0.4) is 0 Å². The van der Waals surface area contributed by atoms with Crippen molar-refractivity contribution in [1.29, 1.82) is 0 Å². The lowest BCUT2D eigenvalue weighted by molar-refractivity contribution is -0.142. The second kappa shape index (κ2) is 7.40. The maximum atomic E-state index is 12.8. The summed E-state index contributed by atoms with van der Waals surface area (Å²) in [5.74, 6) is -1.25. The van der Waals surface area contributed by atoms with Crippen LogP contribution >= 0.6 is 0 Å². The number of aromatic nitrogens is 1. The zero-order chi connectivity index (χ0) is 19.6. The van der Waals surface area contributed by atoms with E-state index >= 15 is 0 Å². The molecule has 142 valence electrons. The number of carbonyl (C=O) groups excluding carboxylic acids is 1. The molecule has 8 heteroatoms. The molecule has 0 spiro atoms. The van der Waals surface area contributed by atoms with Crippen molar-refractivity contribution in [2.45, 2.75) is 17.5 Å². The first-order chi connectivity index (χ1) is 12.9. The third-order valence-electron chi connectivity index (χ3n) is 4.31. The summed E-state index contributed by atoms with van der Waals surface area (Å²) >= 11 is 0. The van der Waals surface area contributed by atoms with Gasteiger partial charge in [0.15, 0.2) is 20.8 Å². The van der Waals surface area contributed by atoms with E-state index in [2.05, 4.69) is 6.58 Å². The molecule has 1 aliphatic heterocycles. The van der Waals surface area contributed by atoms with Gasteiger partial charge < -0.3 is 14.0 Å². The van der Waals surface area contributed by atoms with Crippen LogP contribution in [0.1, 0.15) is 22.1 Å². The summed E-state index contributed by atoms with van der Waals surface area (Å²) in [5.41, 5.74) is 0.790. The van der Waals surface area contributed by atoms with Crippen molar-refractivity contribution in [2.75, 3.05) is 13.7 Å². The number of ether oxygens (including phenoxy) is 2. The quantitative estimate of drug-likeness (QED) is 0.551. The molecule has 2 heterocycles. The molecule has 27 heavy (non-hydrogen) atoms. The fourth-order valence-corrected chi connectivity index (χ4v) is 4.96. The zero-order valence-electron chi connectivity index (χ0n) is 14.8. The molecule has 0 saturated carbocycles. The number of hydrogen-bond donors (Lipinski definition) is 0.